The molecule has 0 saturated carbocycles. The van der Waals surface area contributed by atoms with E-state index in [-0.39, 0.29) is 0 Å². The molecular formula is C4H10NO3PS. The van der Waals surface area contributed by atoms with Crippen LogP contribution in [0.2, 0.25) is 0 Å². The van der Waals surface area contributed by atoms with Crippen LogP contribution in [0, 0.1) is 5.16 Å². The zero-order valence-corrected chi connectivity index (χ0v) is 7.79. The molecule has 0 heterocycles. The second kappa shape index (κ2) is 4.01. The van der Waals surface area contributed by atoms with Gasteiger partial charge in [-0.3, -0.25) is 9.96 Å². The highest BCUT2D eigenvalue weighted by atomic mass is 32.7. The molecule has 0 aliphatic carbocycles. The number of hydrogen-bond donors (Lipinski definition) is 1. The molecule has 1 unspecified atom stereocenters. The Kier molecular flexibility index (Phi) is 4.01. The Balaban J connectivity index is 4.07. The van der Waals surface area contributed by atoms with Crippen molar-refractivity contribution in [2.75, 3.05) is 13.4 Å². The van der Waals surface area contributed by atoms with E-state index in [0.29, 0.717) is 0 Å². The van der Waals surface area contributed by atoms with Gasteiger partial charge in [-0.05, 0) is 6.26 Å². The molecule has 0 spiro atoms. The monoisotopic (exact) mass is 183 g/mol. The summed E-state index contributed by atoms with van der Waals surface area (Å²) in [4.78, 5) is 10.4. The minimum absolute atomic E-state index is 0.473. The van der Waals surface area contributed by atoms with Gasteiger partial charge in [0.1, 0.15) is 0 Å². The molecule has 10 heavy (non-hydrogen) atoms. The van der Waals surface area contributed by atoms with Gasteiger partial charge in [-0.15, -0.1) is 0 Å². The smallest absolute Gasteiger partial charge is 0.322 e. The van der Waals surface area contributed by atoms with Crippen molar-refractivity contribution in [2.45, 2.75) is 6.92 Å². The van der Waals surface area contributed by atoms with Crippen LogP contribution in [0.1, 0.15) is 6.92 Å². The van der Waals surface area contributed by atoms with Crippen molar-refractivity contribution in [2.24, 2.45) is 0 Å². The maximum atomic E-state index is 10.4. The molecule has 0 aromatic carbocycles. The summed E-state index contributed by atoms with van der Waals surface area (Å²) in [5, 5.41) is 7.36. The lowest BCUT2D eigenvalue weighted by atomic mass is 10.9. The molecule has 0 bridgehead atoms. The first-order valence-corrected chi connectivity index (χ1v) is 5.95. The Bertz CT molecular complexity index is 164. The predicted molar refractivity (Wildman–Crippen MR) is 41.9 cm³/mol. The van der Waals surface area contributed by atoms with Crippen LogP contribution >= 0.6 is 18.1 Å². The fourth-order valence-electron chi connectivity index (χ4n) is 0.318. The maximum Gasteiger partial charge on any atom is 0.322 e. The molecule has 1 N–H and O–H groups in total. The fraction of sp³-hybridized carbons (Fsp3) is 0.750. The van der Waals surface area contributed by atoms with Crippen molar-refractivity contribution in [1.82, 2.24) is 0 Å². The van der Waals surface area contributed by atoms with E-state index in [1.165, 1.54) is 14.0 Å². The van der Waals surface area contributed by atoms with Gasteiger partial charge in [0.15, 0.2) is 0 Å². The zero-order valence-electron chi connectivity index (χ0n) is 6.08. The Morgan fingerprint density at radius 3 is 2.30 bits per heavy atom. The van der Waals surface area contributed by atoms with E-state index in [1.54, 1.807) is 6.26 Å². The molecule has 1 atom stereocenters. The average molecular weight is 183 g/mol. The summed E-state index contributed by atoms with van der Waals surface area (Å²) >= 11 is 1.11. The highest BCUT2D eigenvalue weighted by Gasteiger charge is 2.18. The summed E-state index contributed by atoms with van der Waals surface area (Å²) in [6, 6.07) is 0. The summed E-state index contributed by atoms with van der Waals surface area (Å²) in [7, 11) is 1.36. The summed E-state index contributed by atoms with van der Waals surface area (Å²) in [6.07, 6.45) is 1.67. The molecule has 6 heteroatoms. The highest BCUT2D eigenvalue weighted by Crippen LogP contribution is 2.59. The maximum absolute atomic E-state index is 10.4. The van der Waals surface area contributed by atoms with Crippen molar-refractivity contribution >= 4 is 24.1 Å². The van der Waals surface area contributed by atoms with E-state index in [9.17, 15) is 4.79 Å². The van der Waals surface area contributed by atoms with Crippen LogP contribution in [-0.2, 0) is 13.8 Å². The lowest BCUT2D eigenvalue weighted by molar-refractivity contribution is -0.131. The third-order valence-electron chi connectivity index (χ3n) is 0.729. The summed E-state index contributed by atoms with van der Waals surface area (Å²) in [5.41, 5.74) is 0. The van der Waals surface area contributed by atoms with Crippen LogP contribution in [0.5, 0.6) is 0 Å². The van der Waals surface area contributed by atoms with Gasteiger partial charge in [-0.25, -0.2) is 0 Å². The van der Waals surface area contributed by atoms with Crippen molar-refractivity contribution in [3.05, 3.63) is 0 Å². The first kappa shape index (κ1) is 10.0. The number of carbonyl (C=O) groups excluding carboxylic acids is 1. The Hall–Kier alpha value is 0.01000. The van der Waals surface area contributed by atoms with Gasteiger partial charge >= 0.3 is 12.7 Å². The minimum atomic E-state index is -2.67. The van der Waals surface area contributed by atoms with E-state index in [1.807, 2.05) is 0 Å². The fourth-order valence-corrected chi connectivity index (χ4v) is 1.94. The van der Waals surface area contributed by atoms with Crippen LogP contribution in [0.15, 0.2) is 0 Å². The first-order chi connectivity index (χ1) is 4.54. The standard InChI is InChI=1S/C4H10NO3PS/c1-4(6)8-9(5,7-2)10-3/h5H,1-3H3. The van der Waals surface area contributed by atoms with E-state index >= 15 is 0 Å². The molecule has 0 rings (SSSR count). The van der Waals surface area contributed by atoms with Gasteiger partial charge in [0.05, 0.1) is 0 Å². The van der Waals surface area contributed by atoms with Gasteiger partial charge in [0.25, 0.3) is 0 Å². The van der Waals surface area contributed by atoms with Gasteiger partial charge in [-0.2, -0.15) is 0 Å². The zero-order chi connectivity index (χ0) is 8.20. The largest absolute Gasteiger partial charge is 0.399 e. The summed E-state index contributed by atoms with van der Waals surface area (Å²) < 4.78 is 9.31. The SMILES string of the molecule is COP(=N)(OC(C)=O)SC. The molecular weight excluding hydrogens is 173 g/mol. The molecule has 0 amide bonds. The van der Waals surface area contributed by atoms with Gasteiger partial charge in [0.2, 0.25) is 0 Å². The van der Waals surface area contributed by atoms with Crippen molar-refractivity contribution in [3.63, 3.8) is 0 Å². The molecule has 4 nitrogen and oxygen atoms in total. The van der Waals surface area contributed by atoms with Crippen LogP contribution in [0.4, 0.5) is 0 Å². The number of carbonyl (C=O) groups is 1. The second-order valence-corrected chi connectivity index (χ2v) is 5.89. The Morgan fingerprint density at radius 1 is 1.70 bits per heavy atom. The van der Waals surface area contributed by atoms with E-state index < -0.39 is 12.7 Å². The normalized spacial score (nSPS) is 15.9. The van der Waals surface area contributed by atoms with Crippen LogP contribution in [0.25, 0.3) is 0 Å². The van der Waals surface area contributed by atoms with Gasteiger partial charge in [-0.1, -0.05) is 11.4 Å². The van der Waals surface area contributed by atoms with Gasteiger partial charge < -0.3 is 9.05 Å². The van der Waals surface area contributed by atoms with E-state index in [2.05, 4.69) is 4.52 Å². The van der Waals surface area contributed by atoms with Crippen molar-refractivity contribution in [3.8, 4) is 0 Å². The van der Waals surface area contributed by atoms with E-state index in [0.717, 1.165) is 11.4 Å². The minimum Gasteiger partial charge on any atom is -0.399 e. The molecule has 0 aromatic rings. The predicted octanol–water partition coefficient (Wildman–Crippen LogP) is 2.08. The third-order valence-corrected chi connectivity index (χ3v) is 4.30. The number of hydrogen-bond acceptors (Lipinski definition) is 5. The number of nitrogens with one attached hydrogen (secondary N) is 1. The molecule has 0 fully saturated rings. The van der Waals surface area contributed by atoms with Crippen LogP contribution in [0.3, 0.4) is 0 Å². The molecule has 0 saturated heterocycles. The van der Waals surface area contributed by atoms with Crippen molar-refractivity contribution in [1.29, 1.82) is 5.16 Å². The lowest BCUT2D eigenvalue weighted by Crippen LogP contribution is -1.94. The topological polar surface area (TPSA) is 59.4 Å². The Labute approximate surface area is 64.0 Å². The molecule has 0 aliphatic heterocycles. The highest BCUT2D eigenvalue weighted by molar-refractivity contribution is 8.55. The molecule has 60 valence electrons. The molecule has 0 aromatic heterocycles. The Morgan fingerprint density at radius 2 is 2.20 bits per heavy atom. The molecule has 0 aliphatic rings. The second-order valence-electron chi connectivity index (χ2n) is 1.45. The van der Waals surface area contributed by atoms with Crippen LogP contribution < -0.4 is 0 Å². The lowest BCUT2D eigenvalue weighted by Gasteiger charge is -2.14. The van der Waals surface area contributed by atoms with E-state index in [4.69, 9.17) is 9.69 Å². The third kappa shape index (κ3) is 3.25. The summed E-state index contributed by atoms with van der Waals surface area (Å²) in [5.74, 6) is -0.473. The van der Waals surface area contributed by atoms with Crippen molar-refractivity contribution < 1.29 is 13.8 Å². The van der Waals surface area contributed by atoms with Crippen LogP contribution in [-0.4, -0.2) is 19.3 Å². The first-order valence-electron chi connectivity index (χ1n) is 2.50. The number of rotatable bonds is 3. The quantitative estimate of drug-likeness (QED) is 0.680. The van der Waals surface area contributed by atoms with Gasteiger partial charge in [0, 0.05) is 14.0 Å². The average Bonchev–Trinajstić information content (AvgIpc) is 1.87. The summed E-state index contributed by atoms with van der Waals surface area (Å²) in [6.45, 7) is -1.41. The molecule has 0 radical (unpaired) electrons.